The number of carbonyl (C=O) groups excluding carboxylic acids is 1. The van der Waals surface area contributed by atoms with Crippen molar-refractivity contribution in [1.82, 2.24) is 0 Å². The number of ether oxygens (including phenoxy) is 3. The highest BCUT2D eigenvalue weighted by Crippen LogP contribution is 2.33. The minimum atomic E-state index is -0.608. The summed E-state index contributed by atoms with van der Waals surface area (Å²) >= 11 is 0. The smallest absolute Gasteiger partial charge is 0.343 e. The molecule has 108 valence electrons. The molecule has 0 aliphatic carbocycles. The van der Waals surface area contributed by atoms with Gasteiger partial charge in [-0.25, -0.2) is 9.18 Å². The van der Waals surface area contributed by atoms with Crippen molar-refractivity contribution in [2.75, 3.05) is 13.2 Å². The number of rotatable bonds is 2. The van der Waals surface area contributed by atoms with Gasteiger partial charge >= 0.3 is 5.97 Å². The van der Waals surface area contributed by atoms with E-state index >= 15 is 0 Å². The van der Waals surface area contributed by atoms with Crippen LogP contribution in [0.1, 0.15) is 15.9 Å². The van der Waals surface area contributed by atoms with Crippen LogP contribution in [0.25, 0.3) is 0 Å². The molecule has 21 heavy (non-hydrogen) atoms. The van der Waals surface area contributed by atoms with E-state index in [1.807, 2.05) is 0 Å². The molecular formula is C16H13FO4. The molecule has 2 aromatic carbocycles. The Hall–Kier alpha value is -2.56. The summed E-state index contributed by atoms with van der Waals surface area (Å²) in [5.74, 6) is 0.386. The summed E-state index contributed by atoms with van der Waals surface area (Å²) in [6.45, 7) is 2.67. The van der Waals surface area contributed by atoms with Crippen molar-refractivity contribution < 1.29 is 23.4 Å². The van der Waals surface area contributed by atoms with Crippen LogP contribution in [-0.2, 0) is 0 Å². The summed E-state index contributed by atoms with van der Waals surface area (Å²) in [7, 11) is 0. The minimum Gasteiger partial charge on any atom is -0.486 e. The van der Waals surface area contributed by atoms with Crippen molar-refractivity contribution in [1.29, 1.82) is 0 Å². The molecule has 0 radical (unpaired) electrons. The van der Waals surface area contributed by atoms with Gasteiger partial charge in [-0.05, 0) is 36.8 Å². The molecule has 4 nitrogen and oxygen atoms in total. The Morgan fingerprint density at radius 2 is 1.86 bits per heavy atom. The van der Waals surface area contributed by atoms with Crippen LogP contribution in [-0.4, -0.2) is 19.2 Å². The van der Waals surface area contributed by atoms with E-state index in [1.54, 1.807) is 25.1 Å². The summed E-state index contributed by atoms with van der Waals surface area (Å²) < 4.78 is 29.3. The van der Waals surface area contributed by atoms with Crippen LogP contribution in [0.2, 0.25) is 0 Å². The Morgan fingerprint density at radius 3 is 2.67 bits per heavy atom. The van der Waals surface area contributed by atoms with Gasteiger partial charge in [0.1, 0.15) is 24.8 Å². The zero-order valence-corrected chi connectivity index (χ0v) is 11.4. The predicted molar refractivity (Wildman–Crippen MR) is 73.5 cm³/mol. The molecule has 0 amide bonds. The van der Waals surface area contributed by atoms with E-state index in [4.69, 9.17) is 14.2 Å². The second kappa shape index (κ2) is 5.44. The third kappa shape index (κ3) is 2.81. The molecular weight excluding hydrogens is 275 g/mol. The van der Waals surface area contributed by atoms with Crippen LogP contribution >= 0.6 is 0 Å². The van der Waals surface area contributed by atoms with E-state index in [9.17, 15) is 9.18 Å². The van der Waals surface area contributed by atoms with Crippen molar-refractivity contribution in [3.63, 3.8) is 0 Å². The van der Waals surface area contributed by atoms with Gasteiger partial charge in [0, 0.05) is 6.07 Å². The van der Waals surface area contributed by atoms with Gasteiger partial charge in [-0.2, -0.15) is 0 Å². The number of hydrogen-bond donors (Lipinski definition) is 0. The fraction of sp³-hybridized carbons (Fsp3) is 0.188. The first kappa shape index (κ1) is 13.4. The average molecular weight is 288 g/mol. The van der Waals surface area contributed by atoms with Gasteiger partial charge in [0.25, 0.3) is 0 Å². The van der Waals surface area contributed by atoms with Gasteiger partial charge < -0.3 is 14.2 Å². The standard InChI is InChI=1S/C16H13FO4/c1-10-2-3-11(17)8-13(10)16(18)21-12-4-5-14-15(9-12)20-7-6-19-14/h2-5,8-9H,6-7H2,1H3. The van der Waals surface area contributed by atoms with Gasteiger partial charge in [0.05, 0.1) is 5.56 Å². The van der Waals surface area contributed by atoms with Crippen LogP contribution in [0.15, 0.2) is 36.4 Å². The largest absolute Gasteiger partial charge is 0.486 e. The molecule has 3 rings (SSSR count). The van der Waals surface area contributed by atoms with Gasteiger partial charge in [0.2, 0.25) is 0 Å². The molecule has 0 spiro atoms. The number of aryl methyl sites for hydroxylation is 1. The Labute approximate surface area is 121 Å². The molecule has 0 atom stereocenters. The third-order valence-electron chi connectivity index (χ3n) is 3.14. The Balaban J connectivity index is 1.83. The summed E-state index contributed by atoms with van der Waals surface area (Å²) in [6, 6.07) is 8.87. The second-order valence-corrected chi connectivity index (χ2v) is 4.65. The van der Waals surface area contributed by atoms with E-state index in [1.165, 1.54) is 12.1 Å². The average Bonchev–Trinajstić information content (AvgIpc) is 2.49. The summed E-state index contributed by atoms with van der Waals surface area (Å²) in [6.07, 6.45) is 0. The Kier molecular flexibility index (Phi) is 3.48. The molecule has 0 aromatic heterocycles. The lowest BCUT2D eigenvalue weighted by atomic mass is 10.1. The lowest BCUT2D eigenvalue weighted by Gasteiger charge is -2.18. The van der Waals surface area contributed by atoms with Crippen LogP contribution in [0.3, 0.4) is 0 Å². The summed E-state index contributed by atoms with van der Waals surface area (Å²) in [5, 5.41) is 0. The van der Waals surface area contributed by atoms with Gasteiger partial charge in [-0.3, -0.25) is 0 Å². The van der Waals surface area contributed by atoms with Crippen LogP contribution in [0, 0.1) is 12.7 Å². The molecule has 0 N–H and O–H groups in total. The van der Waals surface area contributed by atoms with Crippen molar-refractivity contribution in [3.8, 4) is 17.2 Å². The van der Waals surface area contributed by atoms with E-state index in [2.05, 4.69) is 0 Å². The molecule has 1 aliphatic rings. The van der Waals surface area contributed by atoms with Crippen molar-refractivity contribution in [2.24, 2.45) is 0 Å². The lowest BCUT2D eigenvalue weighted by molar-refractivity contribution is 0.0732. The first-order chi connectivity index (χ1) is 10.1. The summed E-state index contributed by atoms with van der Waals surface area (Å²) in [5.41, 5.74) is 0.851. The normalized spacial score (nSPS) is 12.9. The fourth-order valence-corrected chi connectivity index (χ4v) is 2.06. The Bertz CT molecular complexity index is 697. The highest BCUT2D eigenvalue weighted by Gasteiger charge is 2.16. The van der Waals surface area contributed by atoms with Crippen LogP contribution in [0.4, 0.5) is 4.39 Å². The highest BCUT2D eigenvalue weighted by atomic mass is 19.1. The van der Waals surface area contributed by atoms with Gasteiger partial charge in [-0.15, -0.1) is 0 Å². The Morgan fingerprint density at radius 1 is 1.10 bits per heavy atom. The molecule has 1 aliphatic heterocycles. The molecule has 0 unspecified atom stereocenters. The molecule has 2 aromatic rings. The quantitative estimate of drug-likeness (QED) is 0.629. The number of carbonyl (C=O) groups is 1. The van der Waals surface area contributed by atoms with E-state index < -0.39 is 11.8 Å². The highest BCUT2D eigenvalue weighted by molar-refractivity contribution is 5.92. The maximum absolute atomic E-state index is 13.2. The maximum atomic E-state index is 13.2. The van der Waals surface area contributed by atoms with E-state index in [0.717, 1.165) is 6.07 Å². The third-order valence-corrected chi connectivity index (χ3v) is 3.14. The molecule has 0 saturated carbocycles. The summed E-state index contributed by atoms with van der Waals surface area (Å²) in [4.78, 5) is 12.1. The van der Waals surface area contributed by atoms with Crippen LogP contribution < -0.4 is 14.2 Å². The van der Waals surface area contributed by atoms with E-state index in [-0.39, 0.29) is 5.56 Å². The number of esters is 1. The van der Waals surface area contributed by atoms with Gasteiger partial charge in [-0.1, -0.05) is 6.07 Å². The van der Waals surface area contributed by atoms with Crippen molar-refractivity contribution in [3.05, 3.63) is 53.3 Å². The number of hydrogen-bond acceptors (Lipinski definition) is 4. The fourth-order valence-electron chi connectivity index (χ4n) is 2.06. The predicted octanol–water partition coefficient (Wildman–Crippen LogP) is 3.12. The zero-order chi connectivity index (χ0) is 14.8. The molecule has 0 saturated heterocycles. The zero-order valence-electron chi connectivity index (χ0n) is 11.4. The number of fused-ring (bicyclic) bond motifs is 1. The first-order valence-electron chi connectivity index (χ1n) is 6.51. The topological polar surface area (TPSA) is 44.8 Å². The minimum absolute atomic E-state index is 0.199. The lowest BCUT2D eigenvalue weighted by Crippen LogP contribution is -2.16. The molecule has 0 bridgehead atoms. The van der Waals surface area contributed by atoms with Crippen molar-refractivity contribution >= 4 is 5.97 Å². The number of benzene rings is 2. The van der Waals surface area contributed by atoms with Crippen LogP contribution in [0.5, 0.6) is 17.2 Å². The second-order valence-electron chi connectivity index (χ2n) is 4.65. The van der Waals surface area contributed by atoms with E-state index in [0.29, 0.717) is 36.0 Å². The van der Waals surface area contributed by atoms with Gasteiger partial charge in [0.15, 0.2) is 11.5 Å². The SMILES string of the molecule is Cc1ccc(F)cc1C(=O)Oc1ccc2c(c1)OCCO2. The monoisotopic (exact) mass is 288 g/mol. The number of halogens is 1. The molecule has 5 heteroatoms. The first-order valence-corrected chi connectivity index (χ1v) is 6.51. The molecule has 1 heterocycles. The van der Waals surface area contributed by atoms with Crippen molar-refractivity contribution in [2.45, 2.75) is 6.92 Å². The maximum Gasteiger partial charge on any atom is 0.343 e. The molecule has 0 fully saturated rings.